The van der Waals surface area contributed by atoms with E-state index in [9.17, 15) is 0 Å². The highest BCUT2D eigenvalue weighted by atomic mass is 16.5. The van der Waals surface area contributed by atoms with E-state index < -0.39 is 0 Å². The van der Waals surface area contributed by atoms with Gasteiger partial charge in [-0.25, -0.2) is 0 Å². The van der Waals surface area contributed by atoms with Crippen LogP contribution >= 0.6 is 0 Å². The molecule has 1 aliphatic carbocycles. The van der Waals surface area contributed by atoms with Gasteiger partial charge in [0.15, 0.2) is 0 Å². The van der Waals surface area contributed by atoms with Crippen LogP contribution in [0.2, 0.25) is 0 Å². The van der Waals surface area contributed by atoms with Crippen LogP contribution in [0.1, 0.15) is 43.9 Å². The third-order valence-corrected chi connectivity index (χ3v) is 4.13. The molecule has 3 heteroatoms. The smallest absolute Gasteiger partial charge is 0.109 e. The minimum absolute atomic E-state index is 0.0638. The van der Waals surface area contributed by atoms with Gasteiger partial charge in [0.25, 0.3) is 0 Å². The molecule has 1 N–H and O–H groups in total. The molecule has 94 valence electrons. The molecule has 3 nitrogen and oxygen atoms in total. The highest BCUT2D eigenvalue weighted by Gasteiger charge is 2.43. The summed E-state index contributed by atoms with van der Waals surface area (Å²) in [5.41, 5.74) is 1.25. The van der Waals surface area contributed by atoms with Crippen molar-refractivity contribution < 1.29 is 9.15 Å². The van der Waals surface area contributed by atoms with Gasteiger partial charge < -0.3 is 14.5 Å². The van der Waals surface area contributed by atoms with Gasteiger partial charge in [0, 0.05) is 24.6 Å². The molecule has 0 aromatic carbocycles. The molecule has 3 rings (SSSR count). The Hall–Kier alpha value is -0.800. The molecule has 1 aromatic heterocycles. The fourth-order valence-corrected chi connectivity index (χ4v) is 3.39. The summed E-state index contributed by atoms with van der Waals surface area (Å²) in [5.74, 6) is 1.15. The summed E-state index contributed by atoms with van der Waals surface area (Å²) in [6.07, 6.45) is 7.42. The molecule has 0 bridgehead atoms. The van der Waals surface area contributed by atoms with Crippen molar-refractivity contribution in [3.05, 3.63) is 23.7 Å². The summed E-state index contributed by atoms with van der Waals surface area (Å²) in [4.78, 5) is 0. The highest BCUT2D eigenvalue weighted by Crippen LogP contribution is 2.44. The molecule has 1 spiro atoms. The molecule has 0 radical (unpaired) electrons. The number of ether oxygens (including phenoxy) is 1. The van der Waals surface area contributed by atoms with E-state index in [0.717, 1.165) is 44.6 Å². The average molecular weight is 235 g/mol. The molecule has 2 unspecified atom stereocenters. The standard InChI is InChI=1S/C14H21NO2/c1-2-15-11-5-9-17-14(10-11)7-3-4-13-12(14)6-8-16-13/h6,8,11,15H,2-5,7,9-10H2,1H3. The average Bonchev–Trinajstić information content (AvgIpc) is 2.80. The van der Waals surface area contributed by atoms with Crippen molar-refractivity contribution in [2.45, 2.75) is 50.7 Å². The van der Waals surface area contributed by atoms with Gasteiger partial charge in [0.2, 0.25) is 0 Å². The first kappa shape index (κ1) is 11.3. The summed E-state index contributed by atoms with van der Waals surface area (Å²) in [6, 6.07) is 2.71. The number of hydrogen-bond donors (Lipinski definition) is 1. The molecular formula is C14H21NO2. The fraction of sp³-hybridized carbons (Fsp3) is 0.714. The van der Waals surface area contributed by atoms with Crippen LogP contribution in [0, 0.1) is 0 Å². The second kappa shape index (κ2) is 4.46. The number of hydrogen-bond acceptors (Lipinski definition) is 3. The van der Waals surface area contributed by atoms with Gasteiger partial charge in [-0.1, -0.05) is 6.92 Å². The van der Waals surface area contributed by atoms with Crippen LogP contribution in [-0.2, 0) is 16.8 Å². The lowest BCUT2D eigenvalue weighted by molar-refractivity contribution is -0.105. The van der Waals surface area contributed by atoms with Crippen LogP contribution in [-0.4, -0.2) is 19.2 Å². The molecule has 0 saturated carbocycles. The lowest BCUT2D eigenvalue weighted by atomic mass is 9.76. The van der Waals surface area contributed by atoms with Gasteiger partial charge in [-0.3, -0.25) is 0 Å². The van der Waals surface area contributed by atoms with E-state index >= 15 is 0 Å². The predicted octanol–water partition coefficient (Wildman–Crippen LogP) is 2.60. The molecule has 1 aromatic rings. The van der Waals surface area contributed by atoms with Crippen molar-refractivity contribution in [3.8, 4) is 0 Å². The van der Waals surface area contributed by atoms with Crippen molar-refractivity contribution in [3.63, 3.8) is 0 Å². The van der Waals surface area contributed by atoms with Crippen molar-refractivity contribution in [1.29, 1.82) is 0 Å². The molecule has 1 fully saturated rings. The van der Waals surface area contributed by atoms with E-state index in [1.807, 2.05) is 6.26 Å². The van der Waals surface area contributed by atoms with Crippen molar-refractivity contribution in [1.82, 2.24) is 5.32 Å². The Morgan fingerprint density at radius 2 is 2.47 bits per heavy atom. The van der Waals surface area contributed by atoms with Crippen molar-refractivity contribution in [2.75, 3.05) is 13.2 Å². The minimum Gasteiger partial charge on any atom is -0.469 e. The second-order valence-electron chi connectivity index (χ2n) is 5.20. The maximum atomic E-state index is 6.17. The number of fused-ring (bicyclic) bond motifs is 2. The Kier molecular flexibility index (Phi) is 2.97. The quantitative estimate of drug-likeness (QED) is 0.855. The number of nitrogens with one attached hydrogen (secondary N) is 1. The van der Waals surface area contributed by atoms with Crippen LogP contribution in [0.5, 0.6) is 0 Å². The Bertz CT molecular complexity index is 385. The fourth-order valence-electron chi connectivity index (χ4n) is 3.39. The Labute approximate surface area is 103 Å². The molecule has 17 heavy (non-hydrogen) atoms. The lowest BCUT2D eigenvalue weighted by Crippen LogP contribution is -2.46. The second-order valence-corrected chi connectivity index (χ2v) is 5.20. The van der Waals surface area contributed by atoms with E-state index in [2.05, 4.69) is 18.3 Å². The predicted molar refractivity (Wildman–Crippen MR) is 66.0 cm³/mol. The number of rotatable bonds is 2. The van der Waals surface area contributed by atoms with Crippen LogP contribution in [0.3, 0.4) is 0 Å². The maximum absolute atomic E-state index is 6.17. The van der Waals surface area contributed by atoms with E-state index in [1.165, 1.54) is 12.0 Å². The van der Waals surface area contributed by atoms with E-state index in [4.69, 9.17) is 9.15 Å². The molecule has 1 aliphatic heterocycles. The van der Waals surface area contributed by atoms with Crippen LogP contribution in [0.25, 0.3) is 0 Å². The molecule has 2 aliphatic rings. The van der Waals surface area contributed by atoms with Gasteiger partial charge >= 0.3 is 0 Å². The first-order valence-electron chi connectivity index (χ1n) is 6.78. The zero-order valence-electron chi connectivity index (χ0n) is 10.5. The zero-order valence-corrected chi connectivity index (χ0v) is 10.5. The van der Waals surface area contributed by atoms with Gasteiger partial charge in [0.05, 0.1) is 11.9 Å². The van der Waals surface area contributed by atoms with E-state index in [-0.39, 0.29) is 5.60 Å². The largest absolute Gasteiger partial charge is 0.469 e. The maximum Gasteiger partial charge on any atom is 0.109 e. The van der Waals surface area contributed by atoms with Crippen LogP contribution in [0.15, 0.2) is 16.7 Å². The minimum atomic E-state index is -0.0638. The van der Waals surface area contributed by atoms with Gasteiger partial charge in [0.1, 0.15) is 5.76 Å². The summed E-state index contributed by atoms with van der Waals surface area (Å²) < 4.78 is 11.7. The highest BCUT2D eigenvalue weighted by molar-refractivity contribution is 5.29. The monoisotopic (exact) mass is 235 g/mol. The third-order valence-electron chi connectivity index (χ3n) is 4.13. The van der Waals surface area contributed by atoms with Crippen LogP contribution in [0.4, 0.5) is 0 Å². The molecule has 0 amide bonds. The van der Waals surface area contributed by atoms with E-state index in [1.54, 1.807) is 0 Å². The van der Waals surface area contributed by atoms with Gasteiger partial charge in [-0.05, 0) is 38.3 Å². The van der Waals surface area contributed by atoms with Crippen molar-refractivity contribution >= 4 is 0 Å². The topological polar surface area (TPSA) is 34.4 Å². The molecular weight excluding hydrogens is 214 g/mol. The first-order chi connectivity index (χ1) is 8.34. The SMILES string of the molecule is CCNC1CCOC2(CCCc3occc32)C1. The third kappa shape index (κ3) is 1.91. The summed E-state index contributed by atoms with van der Waals surface area (Å²) >= 11 is 0. The van der Waals surface area contributed by atoms with Gasteiger partial charge in [-0.2, -0.15) is 0 Å². The molecule has 2 atom stereocenters. The lowest BCUT2D eigenvalue weighted by Gasteiger charge is -2.43. The van der Waals surface area contributed by atoms with Gasteiger partial charge in [-0.15, -0.1) is 0 Å². The summed E-state index contributed by atoms with van der Waals surface area (Å²) in [7, 11) is 0. The number of aryl methyl sites for hydroxylation is 1. The summed E-state index contributed by atoms with van der Waals surface area (Å²) in [6.45, 7) is 4.08. The Morgan fingerprint density at radius 3 is 3.35 bits per heavy atom. The molecule has 1 saturated heterocycles. The summed E-state index contributed by atoms with van der Waals surface area (Å²) in [5, 5.41) is 3.57. The van der Waals surface area contributed by atoms with E-state index in [0.29, 0.717) is 6.04 Å². The Morgan fingerprint density at radius 1 is 1.53 bits per heavy atom. The van der Waals surface area contributed by atoms with Crippen molar-refractivity contribution in [2.24, 2.45) is 0 Å². The first-order valence-corrected chi connectivity index (χ1v) is 6.78. The van der Waals surface area contributed by atoms with Crippen LogP contribution < -0.4 is 5.32 Å². The zero-order chi connectivity index (χ0) is 11.7. The normalized spacial score (nSPS) is 32.6. The molecule has 2 heterocycles. The Balaban J connectivity index is 1.87. The number of furan rings is 1.